The lowest BCUT2D eigenvalue weighted by molar-refractivity contribution is -0.498. The molecule has 14 heavy (non-hydrogen) atoms. The molecule has 0 aliphatic heterocycles. The van der Waals surface area contributed by atoms with Crippen LogP contribution in [0.25, 0.3) is 0 Å². The van der Waals surface area contributed by atoms with E-state index in [1.807, 2.05) is 6.92 Å². The molecule has 0 aromatic carbocycles. The highest BCUT2D eigenvalue weighted by atomic mass is 17.2. The standard InChI is InChI=1S/C10H18O4/c1-6(2)9-4-8(9)7(3)10(5-9,13-11)14-12/h6-8,11-12H,4-5H2,1-3H3/t7-,8?,9+/m1/s1. The maximum Gasteiger partial charge on any atom is 0.236 e. The molecule has 0 aromatic rings. The first-order chi connectivity index (χ1) is 6.52. The average Bonchev–Trinajstić information content (AvgIpc) is 2.84. The van der Waals surface area contributed by atoms with Crippen molar-refractivity contribution in [3.63, 3.8) is 0 Å². The average molecular weight is 202 g/mol. The van der Waals surface area contributed by atoms with E-state index in [-0.39, 0.29) is 11.3 Å². The monoisotopic (exact) mass is 202 g/mol. The van der Waals surface area contributed by atoms with Gasteiger partial charge in [-0.1, -0.05) is 20.8 Å². The molecule has 0 bridgehead atoms. The van der Waals surface area contributed by atoms with Gasteiger partial charge in [-0.2, -0.15) is 0 Å². The molecule has 0 radical (unpaired) electrons. The van der Waals surface area contributed by atoms with E-state index in [1.165, 1.54) is 0 Å². The molecule has 4 nitrogen and oxygen atoms in total. The van der Waals surface area contributed by atoms with E-state index in [0.717, 1.165) is 6.42 Å². The van der Waals surface area contributed by atoms with E-state index in [1.54, 1.807) is 0 Å². The van der Waals surface area contributed by atoms with Gasteiger partial charge in [-0.05, 0) is 23.7 Å². The van der Waals surface area contributed by atoms with Gasteiger partial charge in [0.25, 0.3) is 0 Å². The highest BCUT2D eigenvalue weighted by Crippen LogP contribution is 2.72. The van der Waals surface area contributed by atoms with Crippen LogP contribution < -0.4 is 0 Å². The lowest BCUT2D eigenvalue weighted by Gasteiger charge is -2.29. The predicted octanol–water partition coefficient (Wildman–Crippen LogP) is 2.36. The van der Waals surface area contributed by atoms with Crippen LogP contribution in [0.15, 0.2) is 0 Å². The van der Waals surface area contributed by atoms with E-state index in [2.05, 4.69) is 23.6 Å². The first-order valence-corrected chi connectivity index (χ1v) is 5.17. The number of fused-ring (bicyclic) bond motifs is 1. The lowest BCUT2D eigenvalue weighted by atomic mass is 9.89. The Morgan fingerprint density at radius 2 is 1.86 bits per heavy atom. The van der Waals surface area contributed by atoms with Crippen LogP contribution >= 0.6 is 0 Å². The van der Waals surface area contributed by atoms with Gasteiger partial charge in [-0.3, -0.25) is 0 Å². The van der Waals surface area contributed by atoms with Crippen LogP contribution in [0.4, 0.5) is 0 Å². The molecule has 0 amide bonds. The SMILES string of the molecule is CC(C)[C@@]12CC1[C@@H](C)C(OO)(OO)C2. The first kappa shape index (κ1) is 10.4. The van der Waals surface area contributed by atoms with Gasteiger partial charge >= 0.3 is 0 Å². The molecular formula is C10H18O4. The van der Waals surface area contributed by atoms with Crippen LogP contribution in [-0.2, 0) is 9.78 Å². The molecule has 0 saturated heterocycles. The van der Waals surface area contributed by atoms with Gasteiger partial charge in [-0.15, -0.1) is 0 Å². The number of hydrogen-bond donors (Lipinski definition) is 2. The Kier molecular flexibility index (Phi) is 2.16. The third-order valence-electron chi connectivity index (χ3n) is 4.51. The van der Waals surface area contributed by atoms with Crippen molar-refractivity contribution >= 4 is 0 Å². The fraction of sp³-hybridized carbons (Fsp3) is 1.00. The third-order valence-corrected chi connectivity index (χ3v) is 4.51. The smallest absolute Gasteiger partial charge is 0.236 e. The van der Waals surface area contributed by atoms with Crippen molar-refractivity contribution in [1.29, 1.82) is 0 Å². The summed E-state index contributed by atoms with van der Waals surface area (Å²) >= 11 is 0. The van der Waals surface area contributed by atoms with Crippen LogP contribution in [0.1, 0.15) is 33.6 Å². The van der Waals surface area contributed by atoms with Gasteiger partial charge < -0.3 is 0 Å². The van der Waals surface area contributed by atoms with Crippen molar-refractivity contribution in [3.05, 3.63) is 0 Å². The molecule has 2 saturated carbocycles. The minimum absolute atomic E-state index is 0.0416. The van der Waals surface area contributed by atoms with E-state index in [0.29, 0.717) is 18.3 Å². The summed E-state index contributed by atoms with van der Waals surface area (Å²) in [5.74, 6) is -0.114. The van der Waals surface area contributed by atoms with Crippen molar-refractivity contribution in [2.24, 2.45) is 23.2 Å². The van der Waals surface area contributed by atoms with Gasteiger partial charge in [0.15, 0.2) is 0 Å². The zero-order valence-electron chi connectivity index (χ0n) is 8.86. The molecule has 0 spiro atoms. The maximum atomic E-state index is 8.84. The summed E-state index contributed by atoms with van der Waals surface area (Å²) in [6.45, 7) is 6.28. The molecule has 0 aromatic heterocycles. The van der Waals surface area contributed by atoms with Gasteiger partial charge in [0, 0.05) is 12.3 Å². The summed E-state index contributed by atoms with van der Waals surface area (Å²) in [6, 6.07) is 0. The Morgan fingerprint density at radius 1 is 1.29 bits per heavy atom. The molecule has 3 atom stereocenters. The molecule has 2 rings (SSSR count). The first-order valence-electron chi connectivity index (χ1n) is 5.17. The van der Waals surface area contributed by atoms with Crippen LogP contribution in [0, 0.1) is 23.2 Å². The molecule has 0 heterocycles. The Bertz CT molecular complexity index is 236. The Morgan fingerprint density at radius 3 is 2.14 bits per heavy atom. The van der Waals surface area contributed by atoms with Crippen LogP contribution in [0.5, 0.6) is 0 Å². The van der Waals surface area contributed by atoms with E-state index in [4.69, 9.17) is 10.5 Å². The molecule has 82 valence electrons. The maximum absolute atomic E-state index is 8.84. The second-order valence-electron chi connectivity index (χ2n) is 5.16. The van der Waals surface area contributed by atoms with E-state index < -0.39 is 5.79 Å². The quantitative estimate of drug-likeness (QED) is 0.419. The van der Waals surface area contributed by atoms with Crippen molar-refractivity contribution < 1.29 is 20.3 Å². The summed E-state index contributed by atoms with van der Waals surface area (Å²) in [6.07, 6.45) is 1.73. The minimum atomic E-state index is -1.19. The molecule has 2 fully saturated rings. The van der Waals surface area contributed by atoms with E-state index >= 15 is 0 Å². The normalized spacial score (nSPS) is 44.1. The van der Waals surface area contributed by atoms with Crippen molar-refractivity contribution in [1.82, 2.24) is 0 Å². The van der Waals surface area contributed by atoms with Crippen LogP contribution in [-0.4, -0.2) is 16.3 Å². The highest BCUT2D eigenvalue weighted by molar-refractivity contribution is 5.16. The molecular weight excluding hydrogens is 184 g/mol. The highest BCUT2D eigenvalue weighted by Gasteiger charge is 2.72. The topological polar surface area (TPSA) is 58.9 Å². The van der Waals surface area contributed by atoms with Crippen molar-refractivity contribution in [2.75, 3.05) is 0 Å². The Balaban J connectivity index is 2.21. The molecule has 1 unspecified atom stereocenters. The summed E-state index contributed by atoms with van der Waals surface area (Å²) in [5.41, 5.74) is 0.199. The zero-order chi connectivity index (χ0) is 10.6. The summed E-state index contributed by atoms with van der Waals surface area (Å²) in [7, 11) is 0. The number of hydrogen-bond acceptors (Lipinski definition) is 4. The third kappa shape index (κ3) is 1.03. The molecule has 4 heteroatoms. The summed E-state index contributed by atoms with van der Waals surface area (Å²) in [5, 5.41) is 17.7. The largest absolute Gasteiger partial charge is 0.249 e. The van der Waals surface area contributed by atoms with Gasteiger partial charge in [0.05, 0.1) is 0 Å². The minimum Gasteiger partial charge on any atom is -0.249 e. The lowest BCUT2D eigenvalue weighted by Crippen LogP contribution is -2.39. The van der Waals surface area contributed by atoms with Crippen LogP contribution in [0.3, 0.4) is 0 Å². The summed E-state index contributed by atoms with van der Waals surface area (Å²) in [4.78, 5) is 8.73. The van der Waals surface area contributed by atoms with Crippen molar-refractivity contribution in [2.45, 2.75) is 39.4 Å². The van der Waals surface area contributed by atoms with E-state index in [9.17, 15) is 0 Å². The second-order valence-corrected chi connectivity index (χ2v) is 5.16. The Hall–Kier alpha value is -0.160. The second kappa shape index (κ2) is 2.92. The fourth-order valence-corrected chi connectivity index (χ4v) is 3.27. The molecule has 2 N–H and O–H groups in total. The van der Waals surface area contributed by atoms with Crippen molar-refractivity contribution in [3.8, 4) is 0 Å². The summed E-state index contributed by atoms with van der Waals surface area (Å²) < 4.78 is 0. The zero-order valence-corrected chi connectivity index (χ0v) is 8.86. The molecule has 2 aliphatic carbocycles. The Labute approximate surface area is 83.7 Å². The fourth-order valence-electron chi connectivity index (χ4n) is 3.27. The van der Waals surface area contributed by atoms with Gasteiger partial charge in [-0.25, -0.2) is 20.3 Å². The van der Waals surface area contributed by atoms with Crippen LogP contribution in [0.2, 0.25) is 0 Å². The molecule has 2 aliphatic rings. The number of rotatable bonds is 3. The van der Waals surface area contributed by atoms with Gasteiger partial charge in [0.1, 0.15) is 0 Å². The predicted molar refractivity (Wildman–Crippen MR) is 49.3 cm³/mol. The van der Waals surface area contributed by atoms with Gasteiger partial charge in [0.2, 0.25) is 5.79 Å².